The van der Waals surface area contributed by atoms with Crippen molar-refractivity contribution in [2.45, 2.75) is 37.0 Å². The lowest BCUT2D eigenvalue weighted by molar-refractivity contribution is 0.393. The van der Waals surface area contributed by atoms with Crippen LogP contribution in [0.4, 0.5) is 4.39 Å². The molecule has 0 radical (unpaired) electrons. The highest BCUT2D eigenvalue weighted by Gasteiger charge is 2.27. The molecule has 6 nitrogen and oxygen atoms in total. The van der Waals surface area contributed by atoms with E-state index < -0.39 is 15.8 Å². The molecule has 0 spiro atoms. The Bertz CT molecular complexity index is 796. The van der Waals surface area contributed by atoms with Crippen LogP contribution >= 0.6 is 0 Å². The third kappa shape index (κ3) is 2.56. The molecule has 1 fully saturated rings. The third-order valence-electron chi connectivity index (χ3n) is 3.68. The van der Waals surface area contributed by atoms with Crippen molar-refractivity contribution in [3.05, 3.63) is 35.7 Å². The zero-order chi connectivity index (χ0) is 15.2. The van der Waals surface area contributed by atoms with Crippen molar-refractivity contribution >= 4 is 10.0 Å². The number of hydrogen-bond donors (Lipinski definition) is 1. The minimum absolute atomic E-state index is 0.0593. The molecule has 0 unspecified atom stereocenters. The zero-order valence-electron chi connectivity index (χ0n) is 11.5. The summed E-state index contributed by atoms with van der Waals surface area (Å²) in [5.41, 5.74) is 0.0593. The van der Waals surface area contributed by atoms with Crippen molar-refractivity contribution < 1.29 is 12.8 Å². The first kappa shape index (κ1) is 14.2. The van der Waals surface area contributed by atoms with Crippen LogP contribution in [0.3, 0.4) is 0 Å². The van der Waals surface area contributed by atoms with E-state index in [9.17, 15) is 12.8 Å². The van der Waals surface area contributed by atoms with E-state index in [-0.39, 0.29) is 16.5 Å². The molecular formula is C13H15FN4O2S. The van der Waals surface area contributed by atoms with Crippen LogP contribution in [0.15, 0.2) is 23.1 Å². The van der Waals surface area contributed by atoms with Gasteiger partial charge in [-0.15, -0.1) is 0 Å². The number of benzene rings is 1. The molecule has 2 N–H and O–H groups in total. The number of sulfonamides is 1. The van der Waals surface area contributed by atoms with Crippen LogP contribution in [0.5, 0.6) is 0 Å². The first-order valence-corrected chi connectivity index (χ1v) is 8.17. The maximum absolute atomic E-state index is 14.1. The fourth-order valence-electron chi connectivity index (χ4n) is 2.37. The van der Waals surface area contributed by atoms with Gasteiger partial charge in [0.2, 0.25) is 10.0 Å². The Morgan fingerprint density at radius 3 is 2.67 bits per heavy atom. The fourth-order valence-corrected chi connectivity index (χ4v) is 2.90. The average molecular weight is 310 g/mol. The fraction of sp³-hybridized carbons (Fsp3) is 0.385. The minimum Gasteiger partial charge on any atom is -0.225 e. The molecule has 3 rings (SSSR count). The molecule has 1 aliphatic carbocycles. The molecule has 0 aliphatic heterocycles. The average Bonchev–Trinajstić information content (AvgIpc) is 2.67. The number of aromatic nitrogens is 3. The highest BCUT2D eigenvalue weighted by atomic mass is 32.2. The van der Waals surface area contributed by atoms with Crippen molar-refractivity contribution in [1.29, 1.82) is 0 Å². The molecule has 2 aromatic rings. The Hall–Kier alpha value is -1.80. The molecule has 1 heterocycles. The molecule has 0 atom stereocenters. The van der Waals surface area contributed by atoms with E-state index in [1.807, 2.05) is 0 Å². The van der Waals surface area contributed by atoms with Gasteiger partial charge < -0.3 is 0 Å². The topological polar surface area (TPSA) is 90.9 Å². The maximum atomic E-state index is 14.1. The summed E-state index contributed by atoms with van der Waals surface area (Å²) in [6, 6.07) is 3.42. The van der Waals surface area contributed by atoms with Crippen LogP contribution in [-0.2, 0) is 10.0 Å². The lowest BCUT2D eigenvalue weighted by Crippen LogP contribution is -2.17. The predicted octanol–water partition coefficient (Wildman–Crippen LogP) is 1.63. The number of nitrogens with two attached hydrogens (primary N) is 1. The summed E-state index contributed by atoms with van der Waals surface area (Å²) in [6.45, 7) is 1.72. The van der Waals surface area contributed by atoms with Gasteiger partial charge in [0, 0.05) is 5.92 Å². The normalized spacial score (nSPS) is 16.0. The van der Waals surface area contributed by atoms with Gasteiger partial charge in [-0.3, -0.25) is 0 Å². The van der Waals surface area contributed by atoms with Gasteiger partial charge in [-0.25, -0.2) is 27.6 Å². The molecule has 0 amide bonds. The molecular weight excluding hydrogens is 295 g/mol. The van der Waals surface area contributed by atoms with Crippen LogP contribution in [0.25, 0.3) is 5.69 Å². The number of primary sulfonamides is 1. The molecule has 0 saturated heterocycles. The van der Waals surface area contributed by atoms with Gasteiger partial charge in [-0.05, 0) is 38.0 Å². The van der Waals surface area contributed by atoms with E-state index in [1.165, 1.54) is 10.7 Å². The lowest BCUT2D eigenvalue weighted by atomic mass is 9.85. The largest absolute Gasteiger partial charge is 0.238 e. The summed E-state index contributed by atoms with van der Waals surface area (Å²) >= 11 is 0. The first-order valence-electron chi connectivity index (χ1n) is 6.62. The second-order valence-electron chi connectivity index (χ2n) is 5.22. The smallest absolute Gasteiger partial charge is 0.225 e. The summed E-state index contributed by atoms with van der Waals surface area (Å²) < 4.78 is 38.3. The third-order valence-corrected chi connectivity index (χ3v) is 4.59. The molecule has 112 valence electrons. The van der Waals surface area contributed by atoms with Crippen LogP contribution < -0.4 is 5.14 Å². The second kappa shape index (κ2) is 4.88. The summed E-state index contributed by atoms with van der Waals surface area (Å²) in [5, 5.41) is 9.30. The van der Waals surface area contributed by atoms with Crippen molar-refractivity contribution in [3.63, 3.8) is 0 Å². The molecule has 8 heteroatoms. The molecule has 1 saturated carbocycles. The molecule has 1 aromatic carbocycles. The van der Waals surface area contributed by atoms with Gasteiger partial charge in [0.05, 0.1) is 4.90 Å². The van der Waals surface area contributed by atoms with E-state index in [0.717, 1.165) is 31.4 Å². The molecule has 1 aliphatic rings. The summed E-state index contributed by atoms with van der Waals surface area (Å²) in [5.74, 6) is 0.873. The highest BCUT2D eigenvalue weighted by molar-refractivity contribution is 7.89. The Kier molecular flexibility index (Phi) is 3.29. The summed E-state index contributed by atoms with van der Waals surface area (Å²) in [6.07, 6.45) is 3.07. The lowest BCUT2D eigenvalue weighted by Gasteiger charge is -2.24. The van der Waals surface area contributed by atoms with Crippen molar-refractivity contribution in [1.82, 2.24) is 14.8 Å². The van der Waals surface area contributed by atoms with Crippen molar-refractivity contribution in [2.24, 2.45) is 5.14 Å². The number of rotatable bonds is 3. The Morgan fingerprint density at radius 2 is 2.10 bits per heavy atom. The SMILES string of the molecule is Cc1nc(C2CCC2)n(-c2cc(S(N)(=O)=O)ccc2F)n1. The van der Waals surface area contributed by atoms with E-state index in [1.54, 1.807) is 6.92 Å². The minimum atomic E-state index is -3.90. The van der Waals surface area contributed by atoms with Crippen LogP contribution in [0.1, 0.15) is 36.8 Å². The van der Waals surface area contributed by atoms with E-state index >= 15 is 0 Å². The summed E-state index contributed by atoms with van der Waals surface area (Å²) in [7, 11) is -3.90. The number of nitrogens with zero attached hydrogens (tertiary/aromatic N) is 3. The predicted molar refractivity (Wildman–Crippen MR) is 74.0 cm³/mol. The molecule has 1 aromatic heterocycles. The first-order chi connectivity index (χ1) is 9.86. The van der Waals surface area contributed by atoms with Crippen molar-refractivity contribution in [2.75, 3.05) is 0 Å². The van der Waals surface area contributed by atoms with Gasteiger partial charge in [0.15, 0.2) is 0 Å². The number of halogens is 1. The van der Waals surface area contributed by atoms with Crippen molar-refractivity contribution in [3.8, 4) is 5.69 Å². The molecule has 0 bridgehead atoms. The molecule has 21 heavy (non-hydrogen) atoms. The van der Waals surface area contributed by atoms with Gasteiger partial charge >= 0.3 is 0 Å². The standard InChI is InChI=1S/C13H15FN4O2S/c1-8-16-13(9-3-2-4-9)18(17-8)12-7-10(21(15,19)20)5-6-11(12)14/h5-7,9H,2-4H2,1H3,(H2,15,19,20). The van der Waals surface area contributed by atoms with Gasteiger partial charge in [-0.1, -0.05) is 6.42 Å². The maximum Gasteiger partial charge on any atom is 0.238 e. The van der Waals surface area contributed by atoms with Gasteiger partial charge in [0.25, 0.3) is 0 Å². The summed E-state index contributed by atoms with van der Waals surface area (Å²) in [4.78, 5) is 4.20. The monoisotopic (exact) mass is 310 g/mol. The Morgan fingerprint density at radius 1 is 1.38 bits per heavy atom. The number of hydrogen-bond acceptors (Lipinski definition) is 4. The van der Waals surface area contributed by atoms with Crippen LogP contribution in [0.2, 0.25) is 0 Å². The van der Waals surface area contributed by atoms with Crippen LogP contribution in [-0.4, -0.2) is 23.2 Å². The van der Waals surface area contributed by atoms with E-state index in [2.05, 4.69) is 10.1 Å². The van der Waals surface area contributed by atoms with E-state index in [4.69, 9.17) is 5.14 Å². The quantitative estimate of drug-likeness (QED) is 0.932. The Balaban J connectivity index is 2.16. The second-order valence-corrected chi connectivity index (χ2v) is 6.78. The van der Waals surface area contributed by atoms with Crippen LogP contribution in [0, 0.1) is 12.7 Å². The van der Waals surface area contributed by atoms with E-state index in [0.29, 0.717) is 11.6 Å². The number of aryl methyl sites for hydroxylation is 1. The van der Waals surface area contributed by atoms with Gasteiger partial charge in [0.1, 0.15) is 23.2 Å². The van der Waals surface area contributed by atoms with Gasteiger partial charge in [-0.2, -0.15) is 5.10 Å². The highest BCUT2D eigenvalue weighted by Crippen LogP contribution is 2.36. The zero-order valence-corrected chi connectivity index (χ0v) is 12.3. The Labute approximate surface area is 121 Å².